The van der Waals surface area contributed by atoms with Crippen LogP contribution in [0, 0.1) is 23.1 Å². The molecule has 0 aromatic heterocycles. The van der Waals surface area contributed by atoms with Crippen LogP contribution in [0.5, 0.6) is 0 Å². The number of halogens is 1. The van der Waals surface area contributed by atoms with Crippen molar-refractivity contribution in [2.75, 3.05) is 0 Å². The van der Waals surface area contributed by atoms with E-state index in [0.717, 1.165) is 18.8 Å². The molecule has 1 aliphatic carbocycles. The Balaban J connectivity index is 1.77. The lowest BCUT2D eigenvalue weighted by molar-refractivity contribution is -0.121. The molecule has 4 heteroatoms. The second-order valence-electron chi connectivity index (χ2n) is 6.05. The summed E-state index contributed by atoms with van der Waals surface area (Å²) in [7, 11) is 0. The fourth-order valence-electron chi connectivity index (χ4n) is 3.15. The Kier molecular flexibility index (Phi) is 6.39. The molecule has 1 saturated carbocycles. The van der Waals surface area contributed by atoms with E-state index in [-0.39, 0.29) is 11.5 Å². The summed E-state index contributed by atoms with van der Waals surface area (Å²) in [5.41, 5.74) is 0.227. The van der Waals surface area contributed by atoms with Gasteiger partial charge in [-0.05, 0) is 24.8 Å². The molecule has 0 saturated heterocycles. The fraction of sp³-hybridized carbons (Fsp3) is 0.556. The summed E-state index contributed by atoms with van der Waals surface area (Å²) < 4.78 is 13.7. The minimum atomic E-state index is -0.914. The van der Waals surface area contributed by atoms with Crippen LogP contribution in [0.25, 0.3) is 0 Å². The Morgan fingerprint density at radius 3 is 2.73 bits per heavy atom. The van der Waals surface area contributed by atoms with Crippen LogP contribution in [0.3, 0.4) is 0 Å². The standard InChI is InChI=1S/C18H23FN2O/c19-16-11-5-4-10-15(16)17(13-20)21-18(22)12-6-9-14-7-2-1-3-8-14/h4-5,10-11,14,17H,1-3,6-9,12H2,(H,21,22). The van der Waals surface area contributed by atoms with Crippen LogP contribution in [0.2, 0.25) is 0 Å². The molecule has 1 fully saturated rings. The van der Waals surface area contributed by atoms with Crippen molar-refractivity contribution < 1.29 is 9.18 Å². The van der Waals surface area contributed by atoms with Crippen molar-refractivity contribution in [1.82, 2.24) is 5.32 Å². The molecule has 1 aromatic rings. The molecule has 1 amide bonds. The first-order valence-corrected chi connectivity index (χ1v) is 8.14. The summed E-state index contributed by atoms with van der Waals surface area (Å²) in [6, 6.07) is 7.11. The number of rotatable bonds is 6. The van der Waals surface area contributed by atoms with Crippen molar-refractivity contribution in [3.63, 3.8) is 0 Å². The van der Waals surface area contributed by atoms with Crippen molar-refractivity contribution in [2.24, 2.45) is 5.92 Å². The molecule has 1 unspecified atom stereocenters. The highest BCUT2D eigenvalue weighted by Gasteiger charge is 2.18. The third-order valence-electron chi connectivity index (χ3n) is 4.39. The van der Waals surface area contributed by atoms with E-state index in [1.54, 1.807) is 12.1 Å². The Labute approximate surface area is 131 Å². The molecule has 0 radical (unpaired) electrons. The second kappa shape index (κ2) is 8.53. The van der Waals surface area contributed by atoms with Gasteiger partial charge in [0.1, 0.15) is 11.9 Å². The Bertz CT molecular complexity index is 532. The zero-order chi connectivity index (χ0) is 15.8. The van der Waals surface area contributed by atoms with E-state index in [4.69, 9.17) is 5.26 Å². The van der Waals surface area contributed by atoms with Crippen LogP contribution in [-0.4, -0.2) is 5.91 Å². The number of hydrogen-bond acceptors (Lipinski definition) is 2. The maximum atomic E-state index is 13.7. The maximum absolute atomic E-state index is 13.7. The SMILES string of the molecule is N#CC(NC(=O)CCCC1CCCCC1)c1ccccc1F. The maximum Gasteiger partial charge on any atom is 0.221 e. The third-order valence-corrected chi connectivity index (χ3v) is 4.39. The number of carbonyl (C=O) groups excluding carboxylic acids is 1. The topological polar surface area (TPSA) is 52.9 Å². The number of nitrogens with zero attached hydrogens (tertiary/aromatic N) is 1. The van der Waals surface area contributed by atoms with E-state index in [0.29, 0.717) is 6.42 Å². The zero-order valence-corrected chi connectivity index (χ0v) is 12.9. The quantitative estimate of drug-likeness (QED) is 0.853. The van der Waals surface area contributed by atoms with Crippen LogP contribution < -0.4 is 5.32 Å². The molecule has 0 aliphatic heterocycles. The molecular weight excluding hydrogens is 279 g/mol. The number of hydrogen-bond donors (Lipinski definition) is 1. The van der Waals surface area contributed by atoms with E-state index in [9.17, 15) is 9.18 Å². The summed E-state index contributed by atoms with van der Waals surface area (Å²) in [6.07, 6.45) is 8.82. The molecule has 118 valence electrons. The van der Waals surface area contributed by atoms with Gasteiger partial charge in [-0.2, -0.15) is 5.26 Å². The van der Waals surface area contributed by atoms with Crippen LogP contribution in [0.1, 0.15) is 63.0 Å². The van der Waals surface area contributed by atoms with Crippen molar-refractivity contribution in [3.8, 4) is 6.07 Å². The fourth-order valence-corrected chi connectivity index (χ4v) is 3.15. The van der Waals surface area contributed by atoms with E-state index in [1.807, 2.05) is 6.07 Å². The average molecular weight is 302 g/mol. The summed E-state index contributed by atoms with van der Waals surface area (Å²) in [5, 5.41) is 11.8. The van der Waals surface area contributed by atoms with Gasteiger partial charge >= 0.3 is 0 Å². The van der Waals surface area contributed by atoms with Crippen molar-refractivity contribution >= 4 is 5.91 Å². The van der Waals surface area contributed by atoms with Crippen molar-refractivity contribution in [2.45, 2.75) is 57.4 Å². The minimum Gasteiger partial charge on any atom is -0.337 e. The number of benzene rings is 1. The molecule has 0 bridgehead atoms. The second-order valence-corrected chi connectivity index (χ2v) is 6.05. The number of nitrogens with one attached hydrogen (secondary N) is 1. The van der Waals surface area contributed by atoms with E-state index < -0.39 is 11.9 Å². The Morgan fingerprint density at radius 2 is 2.05 bits per heavy atom. The smallest absolute Gasteiger partial charge is 0.221 e. The van der Waals surface area contributed by atoms with Crippen molar-refractivity contribution in [1.29, 1.82) is 5.26 Å². The highest BCUT2D eigenvalue weighted by atomic mass is 19.1. The van der Waals surface area contributed by atoms with Gasteiger partial charge in [-0.25, -0.2) is 4.39 Å². The normalized spacial score (nSPS) is 16.7. The van der Waals surface area contributed by atoms with Gasteiger partial charge < -0.3 is 5.32 Å². The lowest BCUT2D eigenvalue weighted by Gasteiger charge is -2.21. The van der Waals surface area contributed by atoms with Crippen LogP contribution in [0.4, 0.5) is 4.39 Å². The predicted octanol–water partition coefficient (Wildman–Crippen LogP) is 4.26. The lowest BCUT2D eigenvalue weighted by Crippen LogP contribution is -2.28. The predicted molar refractivity (Wildman–Crippen MR) is 83.3 cm³/mol. The average Bonchev–Trinajstić information content (AvgIpc) is 2.54. The van der Waals surface area contributed by atoms with E-state index in [1.165, 1.54) is 44.2 Å². The van der Waals surface area contributed by atoms with Crippen LogP contribution in [-0.2, 0) is 4.79 Å². The van der Waals surface area contributed by atoms with Gasteiger partial charge in [0.05, 0.1) is 6.07 Å². The molecule has 2 rings (SSSR count). The molecule has 1 aliphatic rings. The molecule has 22 heavy (non-hydrogen) atoms. The summed E-state index contributed by atoms with van der Waals surface area (Å²) >= 11 is 0. The van der Waals surface area contributed by atoms with Crippen molar-refractivity contribution in [3.05, 3.63) is 35.6 Å². The number of carbonyl (C=O) groups is 1. The van der Waals surface area contributed by atoms with E-state index >= 15 is 0 Å². The summed E-state index contributed by atoms with van der Waals surface area (Å²) in [4.78, 5) is 12.0. The van der Waals surface area contributed by atoms with Gasteiger partial charge in [-0.3, -0.25) is 4.79 Å². The first-order valence-electron chi connectivity index (χ1n) is 8.14. The minimum absolute atomic E-state index is 0.175. The summed E-state index contributed by atoms with van der Waals surface area (Å²) in [5.74, 6) is 0.113. The highest BCUT2D eigenvalue weighted by Crippen LogP contribution is 2.27. The van der Waals surface area contributed by atoms with Gasteiger partial charge in [0.25, 0.3) is 0 Å². The molecule has 1 aromatic carbocycles. The summed E-state index contributed by atoms with van der Waals surface area (Å²) in [6.45, 7) is 0. The van der Waals surface area contributed by atoms with Crippen LogP contribution >= 0.6 is 0 Å². The first-order chi connectivity index (χ1) is 10.7. The van der Waals surface area contributed by atoms with Gasteiger partial charge in [-0.15, -0.1) is 0 Å². The zero-order valence-electron chi connectivity index (χ0n) is 12.9. The largest absolute Gasteiger partial charge is 0.337 e. The number of nitriles is 1. The Morgan fingerprint density at radius 1 is 1.32 bits per heavy atom. The molecule has 0 heterocycles. The van der Waals surface area contributed by atoms with Crippen LogP contribution in [0.15, 0.2) is 24.3 Å². The molecular formula is C18H23FN2O. The third kappa shape index (κ3) is 4.84. The Hall–Kier alpha value is -1.89. The molecule has 3 nitrogen and oxygen atoms in total. The monoisotopic (exact) mass is 302 g/mol. The highest BCUT2D eigenvalue weighted by molar-refractivity contribution is 5.76. The van der Waals surface area contributed by atoms with Gasteiger partial charge in [0.2, 0.25) is 5.91 Å². The van der Waals surface area contributed by atoms with Gasteiger partial charge in [0.15, 0.2) is 0 Å². The molecule has 0 spiro atoms. The van der Waals surface area contributed by atoms with E-state index in [2.05, 4.69) is 5.32 Å². The molecule has 1 N–H and O–H groups in total. The van der Waals surface area contributed by atoms with Gasteiger partial charge in [0, 0.05) is 12.0 Å². The first kappa shape index (κ1) is 16.5. The lowest BCUT2D eigenvalue weighted by atomic mass is 9.86. The van der Waals surface area contributed by atoms with Gasteiger partial charge in [-0.1, -0.05) is 50.3 Å². The number of amides is 1. The molecule has 1 atom stereocenters.